The molecule has 2 rings (SSSR count). The van der Waals surface area contributed by atoms with E-state index in [-0.39, 0.29) is 11.7 Å². The number of hydrogen-bond donors (Lipinski definition) is 1. The van der Waals surface area contributed by atoms with Crippen LogP contribution < -0.4 is 0 Å². The lowest BCUT2D eigenvalue weighted by molar-refractivity contribution is -0.0732. The van der Waals surface area contributed by atoms with Crippen molar-refractivity contribution in [3.63, 3.8) is 0 Å². The molecule has 0 amide bonds. The zero-order valence-electron chi connectivity index (χ0n) is 10.2. The van der Waals surface area contributed by atoms with Crippen LogP contribution in [0.4, 0.5) is 4.39 Å². The van der Waals surface area contributed by atoms with Gasteiger partial charge in [0.1, 0.15) is 5.82 Å². The molecule has 2 nitrogen and oxygen atoms in total. The van der Waals surface area contributed by atoms with Crippen molar-refractivity contribution in [2.75, 3.05) is 13.2 Å². The van der Waals surface area contributed by atoms with Gasteiger partial charge in [0, 0.05) is 13.2 Å². The molecular formula is C14H19FO2. The highest BCUT2D eigenvalue weighted by atomic mass is 19.1. The van der Waals surface area contributed by atoms with Crippen molar-refractivity contribution >= 4 is 0 Å². The molecule has 1 aliphatic rings. The van der Waals surface area contributed by atoms with Gasteiger partial charge in [0.15, 0.2) is 0 Å². The van der Waals surface area contributed by atoms with Gasteiger partial charge >= 0.3 is 0 Å². The van der Waals surface area contributed by atoms with Gasteiger partial charge in [-0.2, -0.15) is 0 Å². The van der Waals surface area contributed by atoms with Crippen molar-refractivity contribution in [2.45, 2.75) is 31.8 Å². The van der Waals surface area contributed by atoms with E-state index in [0.717, 1.165) is 12.8 Å². The third kappa shape index (κ3) is 2.50. The molecular weight excluding hydrogens is 219 g/mol. The van der Waals surface area contributed by atoms with Gasteiger partial charge in [-0.05, 0) is 42.9 Å². The topological polar surface area (TPSA) is 29.5 Å². The molecule has 1 aromatic carbocycles. The summed E-state index contributed by atoms with van der Waals surface area (Å²) in [5, 5.41) is 10.8. The van der Waals surface area contributed by atoms with Crippen molar-refractivity contribution < 1.29 is 14.2 Å². The van der Waals surface area contributed by atoms with Gasteiger partial charge in [-0.15, -0.1) is 0 Å². The second-order valence-electron chi connectivity index (χ2n) is 4.67. The fourth-order valence-corrected chi connectivity index (χ4v) is 2.66. The standard InChI is InChI=1S/C14H19FO2/c1-2-14(16,11-6-8-17-9-7-11)12-4-3-5-13(15)10-12/h3-5,10-11,16H,2,6-9H2,1H3. The Morgan fingerprint density at radius 3 is 2.71 bits per heavy atom. The van der Waals surface area contributed by atoms with E-state index in [4.69, 9.17) is 4.74 Å². The van der Waals surface area contributed by atoms with Crippen LogP contribution in [0.15, 0.2) is 24.3 Å². The molecule has 0 aliphatic carbocycles. The molecule has 0 aromatic heterocycles. The summed E-state index contributed by atoms with van der Waals surface area (Å²) in [7, 11) is 0. The van der Waals surface area contributed by atoms with Crippen molar-refractivity contribution in [3.8, 4) is 0 Å². The SMILES string of the molecule is CCC(O)(c1cccc(F)c1)C1CCOCC1. The number of halogens is 1. The first kappa shape index (κ1) is 12.5. The van der Waals surface area contributed by atoms with Gasteiger partial charge in [-0.25, -0.2) is 4.39 Å². The lowest BCUT2D eigenvalue weighted by Gasteiger charge is -2.38. The van der Waals surface area contributed by atoms with Crippen molar-refractivity contribution in [2.24, 2.45) is 5.92 Å². The number of rotatable bonds is 3. The Labute approximate surface area is 101 Å². The summed E-state index contributed by atoms with van der Waals surface area (Å²) in [5.74, 6) is -0.135. The molecule has 1 atom stereocenters. The Kier molecular flexibility index (Phi) is 3.79. The van der Waals surface area contributed by atoms with Gasteiger partial charge in [0.25, 0.3) is 0 Å². The first-order valence-electron chi connectivity index (χ1n) is 6.23. The molecule has 1 unspecified atom stereocenters. The van der Waals surface area contributed by atoms with Crippen LogP contribution in [0.2, 0.25) is 0 Å². The van der Waals surface area contributed by atoms with Crippen LogP contribution in [0.1, 0.15) is 31.7 Å². The summed E-state index contributed by atoms with van der Waals surface area (Å²) < 4.78 is 18.6. The second-order valence-corrected chi connectivity index (χ2v) is 4.67. The van der Waals surface area contributed by atoms with E-state index in [1.165, 1.54) is 12.1 Å². The number of hydrogen-bond acceptors (Lipinski definition) is 2. The smallest absolute Gasteiger partial charge is 0.123 e. The summed E-state index contributed by atoms with van der Waals surface area (Å²) in [6.45, 7) is 3.31. The minimum Gasteiger partial charge on any atom is -0.385 e. The molecule has 3 heteroatoms. The fraction of sp³-hybridized carbons (Fsp3) is 0.571. The van der Waals surface area contributed by atoms with Gasteiger partial charge in [0.2, 0.25) is 0 Å². The average Bonchev–Trinajstić information content (AvgIpc) is 2.39. The molecule has 0 bridgehead atoms. The molecule has 0 saturated carbocycles. The molecule has 0 radical (unpaired) electrons. The highest BCUT2D eigenvalue weighted by Gasteiger charge is 2.37. The van der Waals surface area contributed by atoms with Crippen molar-refractivity contribution in [3.05, 3.63) is 35.6 Å². The minimum atomic E-state index is -0.925. The van der Waals surface area contributed by atoms with Gasteiger partial charge in [0.05, 0.1) is 5.60 Å². The molecule has 1 aliphatic heterocycles. The summed E-state index contributed by atoms with van der Waals surface area (Å²) in [6.07, 6.45) is 2.27. The van der Waals surface area contributed by atoms with Crippen molar-refractivity contribution in [1.29, 1.82) is 0 Å². The van der Waals surface area contributed by atoms with Gasteiger partial charge in [-0.3, -0.25) is 0 Å². The third-order valence-electron chi connectivity index (χ3n) is 3.76. The fourth-order valence-electron chi connectivity index (χ4n) is 2.66. The largest absolute Gasteiger partial charge is 0.385 e. The average molecular weight is 238 g/mol. The van der Waals surface area contributed by atoms with E-state index in [1.807, 2.05) is 13.0 Å². The van der Waals surface area contributed by atoms with Crippen LogP contribution in [-0.4, -0.2) is 18.3 Å². The van der Waals surface area contributed by atoms with Crippen LogP contribution in [0.5, 0.6) is 0 Å². The van der Waals surface area contributed by atoms with Crippen molar-refractivity contribution in [1.82, 2.24) is 0 Å². The maximum Gasteiger partial charge on any atom is 0.123 e. The van der Waals surface area contributed by atoms with E-state index in [0.29, 0.717) is 25.2 Å². The van der Waals surface area contributed by atoms with E-state index in [2.05, 4.69) is 0 Å². The van der Waals surface area contributed by atoms with Crippen LogP contribution in [-0.2, 0) is 10.3 Å². The van der Waals surface area contributed by atoms with Gasteiger partial charge < -0.3 is 9.84 Å². The summed E-state index contributed by atoms with van der Waals surface area (Å²) in [6, 6.07) is 6.31. The predicted molar refractivity (Wildman–Crippen MR) is 64.1 cm³/mol. The van der Waals surface area contributed by atoms with Gasteiger partial charge in [-0.1, -0.05) is 19.1 Å². The highest BCUT2D eigenvalue weighted by molar-refractivity contribution is 5.24. The lowest BCUT2D eigenvalue weighted by Crippen LogP contribution is -2.38. The number of ether oxygens (including phenoxy) is 1. The quantitative estimate of drug-likeness (QED) is 0.877. The van der Waals surface area contributed by atoms with E-state index < -0.39 is 5.60 Å². The molecule has 1 saturated heterocycles. The first-order chi connectivity index (χ1) is 8.16. The lowest BCUT2D eigenvalue weighted by atomic mass is 9.75. The molecule has 1 heterocycles. The molecule has 1 fully saturated rings. The molecule has 1 aromatic rings. The second kappa shape index (κ2) is 5.15. The molecule has 0 spiro atoms. The van der Waals surface area contributed by atoms with Crippen LogP contribution in [0.3, 0.4) is 0 Å². The highest BCUT2D eigenvalue weighted by Crippen LogP contribution is 2.38. The molecule has 94 valence electrons. The Morgan fingerprint density at radius 2 is 2.12 bits per heavy atom. The minimum absolute atomic E-state index is 0.156. The van der Waals surface area contributed by atoms with Crippen LogP contribution in [0, 0.1) is 11.7 Å². The number of benzene rings is 1. The maximum atomic E-state index is 13.3. The van der Waals surface area contributed by atoms with E-state index in [9.17, 15) is 9.50 Å². The predicted octanol–water partition coefficient (Wildman–Crippen LogP) is 2.85. The molecule has 17 heavy (non-hydrogen) atoms. The normalized spacial score (nSPS) is 21.1. The number of aliphatic hydroxyl groups is 1. The Hall–Kier alpha value is -0.930. The Morgan fingerprint density at radius 1 is 1.41 bits per heavy atom. The molecule has 1 N–H and O–H groups in total. The van der Waals surface area contributed by atoms with Crippen LogP contribution in [0.25, 0.3) is 0 Å². The summed E-state index contributed by atoms with van der Waals surface area (Å²) in [5.41, 5.74) is -0.238. The summed E-state index contributed by atoms with van der Waals surface area (Å²) >= 11 is 0. The van der Waals surface area contributed by atoms with Crippen LogP contribution >= 0.6 is 0 Å². The summed E-state index contributed by atoms with van der Waals surface area (Å²) in [4.78, 5) is 0. The van der Waals surface area contributed by atoms with E-state index >= 15 is 0 Å². The zero-order chi connectivity index (χ0) is 12.3. The third-order valence-corrected chi connectivity index (χ3v) is 3.76. The Balaban J connectivity index is 2.29. The Bertz CT molecular complexity index is 374. The first-order valence-corrected chi connectivity index (χ1v) is 6.23. The zero-order valence-corrected chi connectivity index (χ0v) is 10.2. The van der Waals surface area contributed by atoms with E-state index in [1.54, 1.807) is 6.07 Å². The maximum absolute atomic E-state index is 13.3. The monoisotopic (exact) mass is 238 g/mol.